The number of benzene rings is 2. The number of carbonyl (C=O) groups excluding carboxylic acids is 1. The van der Waals surface area contributed by atoms with Crippen molar-refractivity contribution in [2.75, 3.05) is 25.0 Å². The highest BCUT2D eigenvalue weighted by Gasteiger charge is 2.34. The third-order valence-corrected chi connectivity index (χ3v) is 7.95. The van der Waals surface area contributed by atoms with Gasteiger partial charge in [0.15, 0.2) is 0 Å². The lowest BCUT2D eigenvalue weighted by Gasteiger charge is -2.31. The molecule has 1 aliphatic heterocycles. The molecule has 1 heterocycles. The molecule has 7 heteroatoms. The van der Waals surface area contributed by atoms with Crippen LogP contribution in [0.3, 0.4) is 0 Å². The van der Waals surface area contributed by atoms with Gasteiger partial charge in [0.1, 0.15) is 5.75 Å². The Hall–Kier alpha value is -2.38. The Balaban J connectivity index is 1.66. The number of sulfonamides is 1. The van der Waals surface area contributed by atoms with Crippen LogP contribution in [0.15, 0.2) is 41.3 Å². The average Bonchev–Trinajstić information content (AvgIpc) is 2.72. The number of hydrogen-bond acceptors (Lipinski definition) is 4. The number of piperidine rings is 1. The van der Waals surface area contributed by atoms with E-state index < -0.39 is 10.0 Å². The second-order valence-corrected chi connectivity index (χ2v) is 11.0. The number of rotatable bonds is 7. The van der Waals surface area contributed by atoms with Gasteiger partial charge in [0.25, 0.3) is 0 Å². The third kappa shape index (κ3) is 5.51. The van der Waals surface area contributed by atoms with E-state index in [9.17, 15) is 13.2 Å². The van der Waals surface area contributed by atoms with Crippen molar-refractivity contribution in [2.45, 2.75) is 52.4 Å². The van der Waals surface area contributed by atoms with Gasteiger partial charge >= 0.3 is 0 Å². The molecule has 6 nitrogen and oxygen atoms in total. The number of aryl methyl sites for hydroxylation is 3. The van der Waals surface area contributed by atoms with Gasteiger partial charge in [-0.05, 0) is 62.8 Å². The fraction of sp³-hybridized carbons (Fsp3) is 0.480. The number of nitrogens with zero attached hydrogens (tertiary/aromatic N) is 1. The van der Waals surface area contributed by atoms with E-state index in [1.807, 2.05) is 57.2 Å². The largest absolute Gasteiger partial charge is 0.491 e. The van der Waals surface area contributed by atoms with Crippen molar-refractivity contribution >= 4 is 21.6 Å². The maximum atomic E-state index is 13.3. The van der Waals surface area contributed by atoms with E-state index in [-0.39, 0.29) is 11.8 Å². The highest BCUT2D eigenvalue weighted by molar-refractivity contribution is 7.89. The molecule has 1 saturated heterocycles. The summed E-state index contributed by atoms with van der Waals surface area (Å²) in [5.41, 5.74) is 3.23. The molecule has 2 aromatic carbocycles. The van der Waals surface area contributed by atoms with E-state index in [1.165, 1.54) is 4.31 Å². The minimum Gasteiger partial charge on any atom is -0.491 e. The van der Waals surface area contributed by atoms with Crippen LogP contribution in [0.2, 0.25) is 0 Å². The Bertz CT molecular complexity index is 1050. The normalized spacial score (nSPS) is 15.7. The van der Waals surface area contributed by atoms with Gasteiger partial charge in [0.05, 0.1) is 17.2 Å². The lowest BCUT2D eigenvalue weighted by Crippen LogP contribution is -2.41. The molecule has 0 bridgehead atoms. The number of amides is 1. The zero-order valence-corrected chi connectivity index (χ0v) is 20.5. The van der Waals surface area contributed by atoms with Crippen molar-refractivity contribution < 1.29 is 17.9 Å². The molecule has 1 aliphatic rings. The summed E-state index contributed by atoms with van der Waals surface area (Å²) in [7, 11) is -3.59. The van der Waals surface area contributed by atoms with Gasteiger partial charge < -0.3 is 10.1 Å². The minimum atomic E-state index is -3.59. The number of anilines is 1. The van der Waals surface area contributed by atoms with Gasteiger partial charge in [-0.3, -0.25) is 4.79 Å². The van der Waals surface area contributed by atoms with Crippen molar-refractivity contribution in [2.24, 2.45) is 11.8 Å². The molecule has 0 unspecified atom stereocenters. The van der Waals surface area contributed by atoms with Crippen LogP contribution < -0.4 is 10.1 Å². The quantitative estimate of drug-likeness (QED) is 0.653. The summed E-state index contributed by atoms with van der Waals surface area (Å²) >= 11 is 0. The first-order chi connectivity index (χ1) is 15.1. The van der Waals surface area contributed by atoms with E-state index in [0.717, 1.165) is 16.7 Å². The second-order valence-electron chi connectivity index (χ2n) is 9.10. The fourth-order valence-electron chi connectivity index (χ4n) is 4.25. The summed E-state index contributed by atoms with van der Waals surface area (Å²) in [6.45, 7) is 11.0. The average molecular weight is 459 g/mol. The minimum absolute atomic E-state index is 0.0923. The van der Waals surface area contributed by atoms with Crippen LogP contribution in [-0.2, 0) is 14.8 Å². The van der Waals surface area contributed by atoms with Gasteiger partial charge in [0, 0.05) is 19.0 Å². The number of ether oxygens (including phenoxy) is 1. The Morgan fingerprint density at radius 3 is 2.28 bits per heavy atom. The topological polar surface area (TPSA) is 75.7 Å². The molecule has 1 amide bonds. The first kappa shape index (κ1) is 24.3. The number of hydrogen-bond donors (Lipinski definition) is 1. The van der Waals surface area contributed by atoms with Gasteiger partial charge in [-0.25, -0.2) is 8.42 Å². The molecule has 32 heavy (non-hydrogen) atoms. The van der Waals surface area contributed by atoms with E-state index in [4.69, 9.17) is 4.74 Å². The monoisotopic (exact) mass is 458 g/mol. The summed E-state index contributed by atoms with van der Waals surface area (Å²) in [6.07, 6.45) is 0.980. The van der Waals surface area contributed by atoms with Crippen LogP contribution in [0.1, 0.15) is 43.4 Å². The van der Waals surface area contributed by atoms with Crippen molar-refractivity contribution in [3.05, 3.63) is 53.1 Å². The molecule has 1 fully saturated rings. The Labute approximate surface area is 192 Å². The third-order valence-electron chi connectivity index (χ3n) is 5.74. The molecule has 1 N–H and O–H groups in total. The summed E-state index contributed by atoms with van der Waals surface area (Å²) < 4.78 is 33.9. The molecular formula is C25H34N2O4S. The fourth-order valence-corrected chi connectivity index (χ4v) is 6.13. The molecule has 0 aliphatic carbocycles. The molecule has 174 valence electrons. The van der Waals surface area contributed by atoms with Crippen molar-refractivity contribution in [1.29, 1.82) is 0 Å². The Morgan fingerprint density at radius 2 is 1.69 bits per heavy atom. The number of carbonyl (C=O) groups is 1. The van der Waals surface area contributed by atoms with Crippen LogP contribution in [0.5, 0.6) is 5.75 Å². The van der Waals surface area contributed by atoms with Gasteiger partial charge in [-0.15, -0.1) is 0 Å². The highest BCUT2D eigenvalue weighted by Crippen LogP contribution is 2.30. The zero-order chi connectivity index (χ0) is 23.5. The van der Waals surface area contributed by atoms with Gasteiger partial charge in [-0.1, -0.05) is 43.7 Å². The zero-order valence-electron chi connectivity index (χ0n) is 19.6. The first-order valence-corrected chi connectivity index (χ1v) is 12.6. The predicted octanol–water partition coefficient (Wildman–Crippen LogP) is 4.69. The standard InChI is InChI=1S/C25H34N2O4S/c1-17(2)16-31-23-9-7-6-8-22(23)26-25(28)21-10-12-27(13-11-21)32(29,30)24-19(4)14-18(3)15-20(24)5/h6-9,14-15,17,21H,10-13,16H2,1-5H3,(H,26,28). The maximum absolute atomic E-state index is 13.3. The number of nitrogens with one attached hydrogen (secondary N) is 1. The molecular weight excluding hydrogens is 424 g/mol. The van der Waals surface area contributed by atoms with Crippen LogP contribution in [0, 0.1) is 32.6 Å². The smallest absolute Gasteiger partial charge is 0.243 e. The lowest BCUT2D eigenvalue weighted by atomic mass is 9.97. The predicted molar refractivity (Wildman–Crippen MR) is 128 cm³/mol. The van der Waals surface area contributed by atoms with Gasteiger partial charge in [-0.2, -0.15) is 4.31 Å². The summed E-state index contributed by atoms with van der Waals surface area (Å²) in [4.78, 5) is 13.3. The highest BCUT2D eigenvalue weighted by atomic mass is 32.2. The van der Waals surface area contributed by atoms with E-state index in [2.05, 4.69) is 19.2 Å². The Morgan fingerprint density at radius 1 is 1.09 bits per heavy atom. The van der Waals surface area contributed by atoms with E-state index in [1.54, 1.807) is 0 Å². The lowest BCUT2D eigenvalue weighted by molar-refractivity contribution is -0.120. The van der Waals surface area contributed by atoms with E-state index >= 15 is 0 Å². The SMILES string of the molecule is Cc1cc(C)c(S(=O)(=O)N2CCC(C(=O)Nc3ccccc3OCC(C)C)CC2)c(C)c1. The molecule has 2 aromatic rings. The van der Waals surface area contributed by atoms with Crippen LogP contribution in [0.4, 0.5) is 5.69 Å². The molecule has 3 rings (SSSR count). The van der Waals surface area contributed by atoms with Crippen molar-refractivity contribution in [1.82, 2.24) is 4.31 Å². The molecule has 0 spiro atoms. The molecule has 0 atom stereocenters. The van der Waals surface area contributed by atoms with Crippen LogP contribution >= 0.6 is 0 Å². The molecule has 0 radical (unpaired) electrons. The second kappa shape index (κ2) is 10.0. The Kier molecular flexibility index (Phi) is 7.62. The molecule has 0 saturated carbocycles. The van der Waals surface area contributed by atoms with E-state index in [0.29, 0.717) is 54.8 Å². The summed E-state index contributed by atoms with van der Waals surface area (Å²) in [6, 6.07) is 11.2. The summed E-state index contributed by atoms with van der Waals surface area (Å²) in [5, 5.41) is 2.98. The van der Waals surface area contributed by atoms with Gasteiger partial charge in [0.2, 0.25) is 15.9 Å². The summed E-state index contributed by atoms with van der Waals surface area (Å²) in [5.74, 6) is 0.705. The van der Waals surface area contributed by atoms with Crippen molar-refractivity contribution in [3.63, 3.8) is 0 Å². The van der Waals surface area contributed by atoms with Crippen LogP contribution in [-0.4, -0.2) is 38.3 Å². The number of para-hydroxylation sites is 2. The first-order valence-electron chi connectivity index (χ1n) is 11.2. The maximum Gasteiger partial charge on any atom is 0.243 e. The van der Waals surface area contributed by atoms with Crippen molar-refractivity contribution in [3.8, 4) is 5.75 Å². The van der Waals surface area contributed by atoms with Crippen LogP contribution in [0.25, 0.3) is 0 Å². The molecule has 0 aromatic heterocycles.